The number of para-hydroxylation sites is 1. The zero-order valence-corrected chi connectivity index (χ0v) is 22.1. The van der Waals surface area contributed by atoms with Crippen molar-refractivity contribution < 1.29 is 21.6 Å². The molecule has 1 aromatic heterocycles. The van der Waals surface area contributed by atoms with Crippen LogP contribution < -0.4 is 5.32 Å². The number of nitrogens with one attached hydrogen (secondary N) is 1. The molecule has 1 saturated heterocycles. The molecule has 2 fully saturated rings. The van der Waals surface area contributed by atoms with Gasteiger partial charge in [0.15, 0.2) is 0 Å². The summed E-state index contributed by atoms with van der Waals surface area (Å²) < 4.78 is 66.1. The molecule has 0 bridgehead atoms. The van der Waals surface area contributed by atoms with Crippen molar-refractivity contribution in [2.75, 3.05) is 31.5 Å². The Bertz CT molecular complexity index is 1370. The van der Waals surface area contributed by atoms with Crippen molar-refractivity contribution >= 4 is 26.7 Å². The van der Waals surface area contributed by atoms with E-state index in [0.29, 0.717) is 25.0 Å². The summed E-state index contributed by atoms with van der Waals surface area (Å²) >= 11 is 0. The van der Waals surface area contributed by atoms with Gasteiger partial charge in [-0.05, 0) is 56.2 Å². The Hall–Kier alpha value is -2.76. The van der Waals surface area contributed by atoms with Gasteiger partial charge in [0.2, 0.25) is 10.0 Å². The molecular weight excluding hydrogens is 515 g/mol. The Morgan fingerprint density at radius 3 is 2.24 bits per heavy atom. The average molecular weight is 548 g/mol. The van der Waals surface area contributed by atoms with Crippen LogP contribution in [0.1, 0.15) is 56.5 Å². The first-order chi connectivity index (χ1) is 18.1. The van der Waals surface area contributed by atoms with Gasteiger partial charge < -0.3 is 5.32 Å². The van der Waals surface area contributed by atoms with E-state index in [1.165, 1.54) is 23.6 Å². The molecule has 0 amide bonds. The van der Waals surface area contributed by atoms with Crippen molar-refractivity contribution in [3.63, 3.8) is 0 Å². The first-order valence-electron chi connectivity index (χ1n) is 13.1. The van der Waals surface area contributed by atoms with Crippen LogP contribution in [0, 0.1) is 0 Å². The standard InChI is InChI=1S/C27H32F3N5O2S/c1-19(25-32-24-10-6-5-9-23(24)26(33-25)31-21-7-3-2-4-8-21)34-15-17-35(18-16-34)38(36,37)22-13-11-20(12-14-22)27(28,29)30/h5-6,9-14,19,21H,2-4,7-8,15-18H2,1H3,(H,31,32,33)/t19-/m0/s1. The Kier molecular flexibility index (Phi) is 7.61. The quantitative estimate of drug-likeness (QED) is 0.442. The van der Waals surface area contributed by atoms with Crippen molar-refractivity contribution in [1.29, 1.82) is 0 Å². The highest BCUT2D eigenvalue weighted by molar-refractivity contribution is 7.89. The number of piperazine rings is 1. The minimum atomic E-state index is -4.51. The SMILES string of the molecule is C[C@@H](c1nc(NC2CCCCC2)c2ccccc2n1)N1CCN(S(=O)(=O)c2ccc(C(F)(F)F)cc2)CC1. The lowest BCUT2D eigenvalue weighted by Crippen LogP contribution is -2.49. The largest absolute Gasteiger partial charge is 0.416 e. The molecule has 2 heterocycles. The third-order valence-electron chi connectivity index (χ3n) is 7.58. The number of halogens is 3. The van der Waals surface area contributed by atoms with Gasteiger partial charge in [-0.15, -0.1) is 0 Å². The van der Waals surface area contributed by atoms with Crippen molar-refractivity contribution in [1.82, 2.24) is 19.2 Å². The molecule has 1 aliphatic heterocycles. The van der Waals surface area contributed by atoms with Crippen LogP contribution in [0.4, 0.5) is 19.0 Å². The van der Waals surface area contributed by atoms with Gasteiger partial charge in [0.05, 0.1) is 22.0 Å². The summed E-state index contributed by atoms with van der Waals surface area (Å²) in [6.07, 6.45) is 1.43. The van der Waals surface area contributed by atoms with Gasteiger partial charge in [0.1, 0.15) is 11.6 Å². The number of alkyl halides is 3. The van der Waals surface area contributed by atoms with E-state index in [0.717, 1.165) is 53.8 Å². The normalized spacial score (nSPS) is 19.5. The van der Waals surface area contributed by atoms with E-state index in [4.69, 9.17) is 9.97 Å². The van der Waals surface area contributed by atoms with E-state index < -0.39 is 21.8 Å². The average Bonchev–Trinajstić information content (AvgIpc) is 2.93. The maximum atomic E-state index is 13.1. The first kappa shape index (κ1) is 26.8. The number of nitrogens with zero attached hydrogens (tertiary/aromatic N) is 4. The van der Waals surface area contributed by atoms with E-state index in [1.54, 1.807) is 0 Å². The third-order valence-corrected chi connectivity index (χ3v) is 9.49. The molecule has 1 aliphatic carbocycles. The van der Waals surface area contributed by atoms with Gasteiger partial charge in [-0.1, -0.05) is 31.4 Å². The molecule has 38 heavy (non-hydrogen) atoms. The summed E-state index contributed by atoms with van der Waals surface area (Å²) in [5.74, 6) is 1.52. The van der Waals surface area contributed by atoms with Crippen LogP contribution in [-0.2, 0) is 16.2 Å². The fourth-order valence-electron chi connectivity index (χ4n) is 5.29. The molecule has 7 nitrogen and oxygen atoms in total. The molecule has 11 heteroatoms. The number of anilines is 1. The maximum absolute atomic E-state index is 13.1. The second-order valence-electron chi connectivity index (χ2n) is 10.1. The molecule has 1 atom stereocenters. The van der Waals surface area contributed by atoms with Crippen LogP contribution in [-0.4, -0.2) is 59.8 Å². The summed E-state index contributed by atoms with van der Waals surface area (Å²) in [4.78, 5) is 11.8. The zero-order chi connectivity index (χ0) is 26.9. The van der Waals surface area contributed by atoms with Crippen molar-refractivity contribution in [3.8, 4) is 0 Å². The molecular formula is C27H32F3N5O2S. The van der Waals surface area contributed by atoms with Crippen molar-refractivity contribution in [2.24, 2.45) is 0 Å². The van der Waals surface area contributed by atoms with Gasteiger partial charge in [-0.25, -0.2) is 18.4 Å². The van der Waals surface area contributed by atoms with E-state index in [9.17, 15) is 21.6 Å². The molecule has 2 aromatic carbocycles. The van der Waals surface area contributed by atoms with Crippen LogP contribution >= 0.6 is 0 Å². The van der Waals surface area contributed by atoms with E-state index in [-0.39, 0.29) is 24.0 Å². The second-order valence-corrected chi connectivity index (χ2v) is 12.0. The summed E-state index contributed by atoms with van der Waals surface area (Å²) in [7, 11) is -3.89. The number of hydrogen-bond acceptors (Lipinski definition) is 6. The summed E-state index contributed by atoms with van der Waals surface area (Å²) in [5.41, 5.74) is -0.00555. The van der Waals surface area contributed by atoms with Gasteiger partial charge in [-0.3, -0.25) is 4.90 Å². The lowest BCUT2D eigenvalue weighted by molar-refractivity contribution is -0.137. The minimum absolute atomic E-state index is 0.136. The molecule has 1 N–H and O–H groups in total. The Morgan fingerprint density at radius 1 is 0.921 bits per heavy atom. The number of aromatic nitrogens is 2. The first-order valence-corrected chi connectivity index (χ1v) is 14.5. The smallest absolute Gasteiger partial charge is 0.367 e. The highest BCUT2D eigenvalue weighted by Crippen LogP contribution is 2.31. The van der Waals surface area contributed by atoms with Crippen LogP contribution in [0.3, 0.4) is 0 Å². The molecule has 5 rings (SSSR count). The predicted molar refractivity (Wildman–Crippen MR) is 140 cm³/mol. The van der Waals surface area contributed by atoms with E-state index in [1.807, 2.05) is 31.2 Å². The number of benzene rings is 2. The zero-order valence-electron chi connectivity index (χ0n) is 21.3. The molecule has 2 aliphatic rings. The monoisotopic (exact) mass is 547 g/mol. The van der Waals surface area contributed by atoms with Crippen LogP contribution in [0.2, 0.25) is 0 Å². The Labute approximate surface area is 221 Å². The lowest BCUT2D eigenvalue weighted by Gasteiger charge is -2.37. The molecule has 204 valence electrons. The Balaban J connectivity index is 1.30. The number of hydrogen-bond donors (Lipinski definition) is 1. The third kappa shape index (κ3) is 5.64. The number of rotatable bonds is 6. The Morgan fingerprint density at radius 2 is 1.58 bits per heavy atom. The molecule has 0 unspecified atom stereocenters. The van der Waals surface area contributed by atoms with Crippen molar-refractivity contribution in [2.45, 2.75) is 62.2 Å². The molecule has 1 saturated carbocycles. The summed E-state index contributed by atoms with van der Waals surface area (Å²) in [6.45, 7) is 3.41. The van der Waals surface area contributed by atoms with Gasteiger partial charge in [0, 0.05) is 37.6 Å². The van der Waals surface area contributed by atoms with Crippen molar-refractivity contribution in [3.05, 3.63) is 59.9 Å². The highest BCUT2D eigenvalue weighted by atomic mass is 32.2. The minimum Gasteiger partial charge on any atom is -0.367 e. The number of sulfonamides is 1. The molecule has 0 radical (unpaired) electrons. The lowest BCUT2D eigenvalue weighted by atomic mass is 9.95. The van der Waals surface area contributed by atoms with Crippen LogP contribution in [0.5, 0.6) is 0 Å². The van der Waals surface area contributed by atoms with Crippen LogP contribution in [0.15, 0.2) is 53.4 Å². The number of fused-ring (bicyclic) bond motifs is 1. The van der Waals surface area contributed by atoms with Crippen LogP contribution in [0.25, 0.3) is 10.9 Å². The van der Waals surface area contributed by atoms with E-state index in [2.05, 4.69) is 10.2 Å². The topological polar surface area (TPSA) is 78.4 Å². The second kappa shape index (κ2) is 10.8. The maximum Gasteiger partial charge on any atom is 0.416 e. The fraction of sp³-hybridized carbons (Fsp3) is 0.481. The summed E-state index contributed by atoms with van der Waals surface area (Å²) in [6, 6.07) is 11.9. The van der Waals surface area contributed by atoms with E-state index >= 15 is 0 Å². The fourth-order valence-corrected chi connectivity index (χ4v) is 6.71. The van der Waals surface area contributed by atoms with Gasteiger partial charge in [0.25, 0.3) is 0 Å². The summed E-state index contributed by atoms with van der Waals surface area (Å²) in [5, 5.41) is 4.64. The highest BCUT2D eigenvalue weighted by Gasteiger charge is 2.34. The van der Waals surface area contributed by atoms with Gasteiger partial charge in [-0.2, -0.15) is 17.5 Å². The molecule has 3 aromatic rings. The predicted octanol–water partition coefficient (Wildman–Crippen LogP) is 5.46. The molecule has 0 spiro atoms. The van der Waals surface area contributed by atoms with Gasteiger partial charge >= 0.3 is 6.18 Å².